The second-order valence-electron chi connectivity index (χ2n) is 6.42. The number of nitrogens with one attached hydrogen (secondary N) is 1. The van der Waals surface area contributed by atoms with E-state index in [9.17, 15) is 9.59 Å². The number of carbonyl (C=O) groups excluding carboxylic acids is 2. The fourth-order valence-electron chi connectivity index (χ4n) is 2.57. The van der Waals surface area contributed by atoms with Gasteiger partial charge in [0.15, 0.2) is 0 Å². The Morgan fingerprint density at radius 3 is 2.65 bits per heavy atom. The predicted octanol–water partition coefficient (Wildman–Crippen LogP) is 2.23. The van der Waals surface area contributed by atoms with Crippen LogP contribution in [-0.4, -0.2) is 17.9 Å². The number of carbonyl (C=O) groups is 2. The van der Waals surface area contributed by atoms with Crippen LogP contribution < -0.4 is 10.2 Å². The number of imide groups is 1. The molecule has 1 saturated carbocycles. The Morgan fingerprint density at radius 1 is 1.30 bits per heavy atom. The SMILES string of the molecule is CC1(C)CC(=O)N(c2cccc(CNC3CC3)c2)C1=O. The third-order valence-electron chi connectivity index (χ3n) is 3.97. The molecule has 0 spiro atoms. The lowest BCUT2D eigenvalue weighted by molar-refractivity contribution is -0.124. The molecule has 106 valence electrons. The molecule has 4 heteroatoms. The first-order valence-electron chi connectivity index (χ1n) is 7.17. The van der Waals surface area contributed by atoms with Crippen LogP contribution in [0.2, 0.25) is 0 Å². The van der Waals surface area contributed by atoms with E-state index in [-0.39, 0.29) is 18.2 Å². The van der Waals surface area contributed by atoms with E-state index in [0.29, 0.717) is 11.7 Å². The van der Waals surface area contributed by atoms with Crippen LogP contribution in [0.15, 0.2) is 24.3 Å². The summed E-state index contributed by atoms with van der Waals surface area (Å²) in [6.07, 6.45) is 2.78. The Balaban J connectivity index is 1.80. The molecule has 4 nitrogen and oxygen atoms in total. The number of nitrogens with zero attached hydrogens (tertiary/aromatic N) is 1. The van der Waals surface area contributed by atoms with Gasteiger partial charge in [0.2, 0.25) is 11.8 Å². The molecule has 1 aliphatic heterocycles. The van der Waals surface area contributed by atoms with Crippen LogP contribution in [0.1, 0.15) is 38.7 Å². The maximum atomic E-state index is 12.3. The van der Waals surface area contributed by atoms with Crippen molar-refractivity contribution in [1.82, 2.24) is 5.32 Å². The molecule has 1 aromatic rings. The van der Waals surface area contributed by atoms with E-state index in [0.717, 1.165) is 12.1 Å². The largest absolute Gasteiger partial charge is 0.310 e. The summed E-state index contributed by atoms with van der Waals surface area (Å²) in [5, 5.41) is 3.44. The highest BCUT2D eigenvalue weighted by Gasteiger charge is 2.45. The molecular weight excluding hydrogens is 252 g/mol. The zero-order valence-electron chi connectivity index (χ0n) is 12.0. The Bertz CT molecular complexity index is 561. The van der Waals surface area contributed by atoms with Gasteiger partial charge in [0.1, 0.15) is 0 Å². The zero-order chi connectivity index (χ0) is 14.3. The van der Waals surface area contributed by atoms with Crippen molar-refractivity contribution in [2.24, 2.45) is 5.41 Å². The summed E-state index contributed by atoms with van der Waals surface area (Å²) < 4.78 is 0. The number of hydrogen-bond acceptors (Lipinski definition) is 3. The lowest BCUT2D eigenvalue weighted by Gasteiger charge is -2.18. The van der Waals surface area contributed by atoms with Crippen molar-refractivity contribution in [3.8, 4) is 0 Å². The minimum atomic E-state index is -0.584. The summed E-state index contributed by atoms with van der Waals surface area (Å²) in [5.41, 5.74) is 1.22. The predicted molar refractivity (Wildman–Crippen MR) is 77.2 cm³/mol. The van der Waals surface area contributed by atoms with Gasteiger partial charge >= 0.3 is 0 Å². The number of hydrogen-bond donors (Lipinski definition) is 1. The third kappa shape index (κ3) is 2.48. The molecule has 3 rings (SSSR count). The summed E-state index contributed by atoms with van der Waals surface area (Å²) in [6.45, 7) is 4.44. The quantitative estimate of drug-likeness (QED) is 0.855. The summed E-state index contributed by atoms with van der Waals surface area (Å²) in [4.78, 5) is 25.7. The molecule has 20 heavy (non-hydrogen) atoms. The normalized spacial score (nSPS) is 21.6. The molecule has 2 fully saturated rings. The summed E-state index contributed by atoms with van der Waals surface area (Å²) in [6, 6.07) is 8.34. The van der Waals surface area contributed by atoms with Gasteiger partial charge in [-0.3, -0.25) is 14.5 Å². The Labute approximate surface area is 119 Å². The van der Waals surface area contributed by atoms with Crippen molar-refractivity contribution >= 4 is 17.5 Å². The van der Waals surface area contributed by atoms with E-state index in [1.807, 2.05) is 38.1 Å². The van der Waals surface area contributed by atoms with Gasteiger partial charge in [-0.05, 0) is 30.5 Å². The van der Waals surface area contributed by atoms with E-state index in [1.54, 1.807) is 0 Å². The maximum Gasteiger partial charge on any atom is 0.239 e. The molecule has 1 aromatic carbocycles. The van der Waals surface area contributed by atoms with Gasteiger partial charge in [-0.1, -0.05) is 26.0 Å². The first kappa shape index (κ1) is 13.3. The first-order chi connectivity index (χ1) is 9.47. The molecule has 0 radical (unpaired) electrons. The van der Waals surface area contributed by atoms with Crippen molar-refractivity contribution in [1.29, 1.82) is 0 Å². The van der Waals surface area contributed by atoms with E-state index in [2.05, 4.69) is 5.32 Å². The minimum absolute atomic E-state index is 0.102. The van der Waals surface area contributed by atoms with Crippen molar-refractivity contribution in [2.45, 2.75) is 45.7 Å². The Kier molecular flexibility index (Phi) is 3.13. The molecule has 1 heterocycles. The van der Waals surface area contributed by atoms with Gasteiger partial charge in [0.25, 0.3) is 0 Å². The minimum Gasteiger partial charge on any atom is -0.310 e. The lowest BCUT2D eigenvalue weighted by Crippen LogP contribution is -2.33. The van der Waals surface area contributed by atoms with Gasteiger partial charge in [-0.15, -0.1) is 0 Å². The molecular formula is C16H20N2O2. The standard InChI is InChI=1S/C16H20N2O2/c1-16(2)9-14(19)18(15(16)20)13-5-3-4-11(8-13)10-17-12-6-7-12/h3-5,8,12,17H,6-7,9-10H2,1-2H3. The summed E-state index contributed by atoms with van der Waals surface area (Å²) >= 11 is 0. The van der Waals surface area contributed by atoms with Gasteiger partial charge in [0.05, 0.1) is 11.1 Å². The molecule has 1 saturated heterocycles. The molecule has 0 aromatic heterocycles. The van der Waals surface area contributed by atoms with E-state index in [4.69, 9.17) is 0 Å². The van der Waals surface area contributed by atoms with Crippen molar-refractivity contribution in [3.63, 3.8) is 0 Å². The van der Waals surface area contributed by atoms with Crippen molar-refractivity contribution in [2.75, 3.05) is 4.90 Å². The third-order valence-corrected chi connectivity index (χ3v) is 3.97. The Morgan fingerprint density at radius 2 is 2.05 bits per heavy atom. The van der Waals surface area contributed by atoms with Crippen LogP contribution in [-0.2, 0) is 16.1 Å². The van der Waals surface area contributed by atoms with E-state index in [1.165, 1.54) is 17.7 Å². The fraction of sp³-hybridized carbons (Fsp3) is 0.500. The van der Waals surface area contributed by atoms with Crippen molar-refractivity contribution in [3.05, 3.63) is 29.8 Å². The van der Waals surface area contributed by atoms with Crippen LogP contribution in [0.4, 0.5) is 5.69 Å². The number of benzene rings is 1. The summed E-state index contributed by atoms with van der Waals surface area (Å²) in [5.74, 6) is -0.206. The van der Waals surface area contributed by atoms with Crippen LogP contribution in [0.3, 0.4) is 0 Å². The van der Waals surface area contributed by atoms with Crippen LogP contribution >= 0.6 is 0 Å². The molecule has 2 aliphatic rings. The van der Waals surface area contributed by atoms with Crippen LogP contribution in [0, 0.1) is 5.41 Å². The van der Waals surface area contributed by atoms with Gasteiger partial charge in [-0.2, -0.15) is 0 Å². The van der Waals surface area contributed by atoms with Crippen molar-refractivity contribution < 1.29 is 9.59 Å². The van der Waals surface area contributed by atoms with Gasteiger partial charge < -0.3 is 5.32 Å². The molecule has 0 bridgehead atoms. The fourth-order valence-corrected chi connectivity index (χ4v) is 2.57. The first-order valence-corrected chi connectivity index (χ1v) is 7.17. The molecule has 0 atom stereocenters. The smallest absolute Gasteiger partial charge is 0.239 e. The average Bonchev–Trinajstić information content (AvgIpc) is 3.17. The molecule has 1 aliphatic carbocycles. The number of amides is 2. The van der Waals surface area contributed by atoms with Gasteiger partial charge in [-0.25, -0.2) is 0 Å². The zero-order valence-corrected chi connectivity index (χ0v) is 12.0. The Hall–Kier alpha value is -1.68. The monoisotopic (exact) mass is 272 g/mol. The second-order valence-corrected chi connectivity index (χ2v) is 6.42. The molecule has 1 N–H and O–H groups in total. The lowest BCUT2D eigenvalue weighted by atomic mass is 9.92. The molecule has 0 unspecified atom stereocenters. The van der Waals surface area contributed by atoms with Gasteiger partial charge in [0, 0.05) is 19.0 Å². The second kappa shape index (κ2) is 4.70. The average molecular weight is 272 g/mol. The number of anilines is 1. The van der Waals surface area contributed by atoms with E-state index >= 15 is 0 Å². The number of rotatable bonds is 4. The highest BCUT2D eigenvalue weighted by atomic mass is 16.2. The topological polar surface area (TPSA) is 49.4 Å². The summed E-state index contributed by atoms with van der Waals surface area (Å²) in [7, 11) is 0. The van der Waals surface area contributed by atoms with Crippen LogP contribution in [0.25, 0.3) is 0 Å². The highest BCUT2D eigenvalue weighted by molar-refractivity contribution is 6.22. The van der Waals surface area contributed by atoms with Crippen LogP contribution in [0.5, 0.6) is 0 Å². The maximum absolute atomic E-state index is 12.3. The van der Waals surface area contributed by atoms with E-state index < -0.39 is 5.41 Å². The highest BCUT2D eigenvalue weighted by Crippen LogP contribution is 2.35. The molecule has 2 amide bonds.